The summed E-state index contributed by atoms with van der Waals surface area (Å²) in [6.07, 6.45) is 2.45. The first-order valence-electron chi connectivity index (χ1n) is 4.68. The lowest BCUT2D eigenvalue weighted by molar-refractivity contribution is -0.384. The fourth-order valence-corrected chi connectivity index (χ4v) is 1.57. The van der Waals surface area contributed by atoms with Crippen LogP contribution in [0.2, 0.25) is 0 Å². The molecule has 17 heavy (non-hydrogen) atoms. The summed E-state index contributed by atoms with van der Waals surface area (Å²) < 4.78 is 23.8. The largest absolute Gasteiger partial charge is 0.363 e. The summed E-state index contributed by atoms with van der Waals surface area (Å²) in [5.41, 5.74) is -0.146. The Morgan fingerprint density at radius 2 is 2.18 bits per heavy atom. The van der Waals surface area contributed by atoms with Crippen molar-refractivity contribution in [3.63, 3.8) is 0 Å². The minimum atomic E-state index is -3.25. The molecule has 9 heteroatoms. The summed E-state index contributed by atoms with van der Waals surface area (Å²) in [5, 5.41) is 13.3. The molecule has 8 nitrogen and oxygen atoms in total. The van der Waals surface area contributed by atoms with Gasteiger partial charge in [0.2, 0.25) is 15.8 Å². The summed E-state index contributed by atoms with van der Waals surface area (Å²) in [4.78, 5) is 13.9. The van der Waals surface area contributed by atoms with Crippen molar-refractivity contribution in [2.24, 2.45) is 0 Å². The van der Waals surface area contributed by atoms with E-state index in [1.807, 2.05) is 0 Å². The van der Waals surface area contributed by atoms with E-state index in [9.17, 15) is 18.5 Å². The minimum Gasteiger partial charge on any atom is -0.363 e. The lowest BCUT2D eigenvalue weighted by atomic mass is 10.4. The predicted molar refractivity (Wildman–Crippen MR) is 62.2 cm³/mol. The molecule has 0 aliphatic carbocycles. The second-order valence-corrected chi connectivity index (χ2v) is 5.05. The van der Waals surface area contributed by atoms with Crippen LogP contribution < -0.4 is 10.0 Å². The maximum absolute atomic E-state index is 10.8. The van der Waals surface area contributed by atoms with E-state index >= 15 is 0 Å². The zero-order valence-electron chi connectivity index (χ0n) is 9.08. The Kier molecular flexibility index (Phi) is 4.35. The van der Waals surface area contributed by atoms with Gasteiger partial charge in [-0.25, -0.2) is 18.1 Å². The van der Waals surface area contributed by atoms with E-state index in [1.54, 1.807) is 0 Å². The van der Waals surface area contributed by atoms with Crippen molar-refractivity contribution >= 4 is 21.5 Å². The van der Waals surface area contributed by atoms with Crippen LogP contribution in [-0.2, 0) is 10.0 Å². The van der Waals surface area contributed by atoms with Crippen LogP contribution in [0, 0.1) is 10.1 Å². The summed E-state index contributed by atoms with van der Waals surface area (Å²) in [5.74, 6) is 0.118. The van der Waals surface area contributed by atoms with E-state index in [0.717, 1.165) is 6.26 Å². The topological polar surface area (TPSA) is 114 Å². The maximum atomic E-state index is 10.8. The van der Waals surface area contributed by atoms with Gasteiger partial charge in [0.15, 0.2) is 0 Å². The minimum absolute atomic E-state index is 0.118. The highest BCUT2D eigenvalue weighted by Gasteiger charge is 2.13. The predicted octanol–water partition coefficient (Wildman–Crippen LogP) is -0.0491. The summed E-state index contributed by atoms with van der Waals surface area (Å²) in [6.45, 7) is 0.345. The molecule has 0 spiro atoms. The Morgan fingerprint density at radius 1 is 1.47 bits per heavy atom. The highest BCUT2D eigenvalue weighted by Crippen LogP contribution is 2.19. The molecule has 94 valence electrons. The Morgan fingerprint density at radius 3 is 2.76 bits per heavy atom. The number of nitrogens with one attached hydrogen (secondary N) is 2. The van der Waals surface area contributed by atoms with Crippen molar-refractivity contribution in [2.45, 2.75) is 0 Å². The average molecular weight is 260 g/mol. The Hall–Kier alpha value is -1.74. The quantitative estimate of drug-likeness (QED) is 0.421. The molecule has 1 aromatic heterocycles. The highest BCUT2D eigenvalue weighted by atomic mass is 32.2. The van der Waals surface area contributed by atoms with Crippen molar-refractivity contribution in [3.8, 4) is 0 Å². The SMILES string of the molecule is CS(=O)(=O)NCCNc1ncccc1[N+](=O)[O-]. The van der Waals surface area contributed by atoms with Gasteiger partial charge in [-0.15, -0.1) is 0 Å². The average Bonchev–Trinajstić information content (AvgIpc) is 2.23. The standard InChI is InChI=1S/C8H12N4O4S/c1-17(15,16)11-6-5-10-8-7(12(13)14)3-2-4-9-8/h2-4,11H,5-6H2,1H3,(H,9,10). The number of rotatable bonds is 6. The lowest BCUT2D eigenvalue weighted by Gasteiger charge is -2.05. The van der Waals surface area contributed by atoms with Gasteiger partial charge in [-0.1, -0.05) is 0 Å². The number of hydrogen-bond acceptors (Lipinski definition) is 6. The molecule has 0 radical (unpaired) electrons. The van der Waals surface area contributed by atoms with Gasteiger partial charge in [0.05, 0.1) is 11.2 Å². The number of hydrogen-bond donors (Lipinski definition) is 2. The molecular formula is C8H12N4O4S. The molecule has 1 rings (SSSR count). The van der Waals surface area contributed by atoms with E-state index in [2.05, 4.69) is 15.0 Å². The normalized spacial score (nSPS) is 11.1. The molecule has 1 aromatic rings. The number of nitro groups is 1. The van der Waals surface area contributed by atoms with E-state index in [0.29, 0.717) is 0 Å². The second-order valence-electron chi connectivity index (χ2n) is 3.22. The Labute approximate surface area is 98.3 Å². The van der Waals surface area contributed by atoms with Crippen molar-refractivity contribution in [1.82, 2.24) is 9.71 Å². The maximum Gasteiger partial charge on any atom is 0.311 e. The van der Waals surface area contributed by atoms with Gasteiger partial charge in [-0.05, 0) is 6.07 Å². The second kappa shape index (κ2) is 5.55. The third-order valence-corrected chi connectivity index (χ3v) is 2.49. The van der Waals surface area contributed by atoms with Crippen LogP contribution in [0.25, 0.3) is 0 Å². The van der Waals surface area contributed by atoms with Crippen LogP contribution in [0.3, 0.4) is 0 Å². The number of nitrogens with zero attached hydrogens (tertiary/aromatic N) is 2. The van der Waals surface area contributed by atoms with Gasteiger partial charge in [0, 0.05) is 25.4 Å². The number of aromatic nitrogens is 1. The molecule has 0 aliphatic rings. The number of anilines is 1. The molecule has 0 saturated carbocycles. The molecule has 0 aromatic carbocycles. The van der Waals surface area contributed by atoms with Crippen LogP contribution in [0.15, 0.2) is 18.3 Å². The molecule has 2 N–H and O–H groups in total. The molecular weight excluding hydrogens is 248 g/mol. The van der Waals surface area contributed by atoms with Crippen LogP contribution >= 0.6 is 0 Å². The zero-order valence-corrected chi connectivity index (χ0v) is 9.90. The Bertz CT molecular complexity index is 502. The molecule has 0 fully saturated rings. The molecule has 0 amide bonds. The van der Waals surface area contributed by atoms with Crippen LogP contribution in [0.4, 0.5) is 11.5 Å². The fourth-order valence-electron chi connectivity index (χ4n) is 1.10. The monoisotopic (exact) mass is 260 g/mol. The van der Waals surface area contributed by atoms with Gasteiger partial charge in [-0.3, -0.25) is 10.1 Å². The van der Waals surface area contributed by atoms with Crippen molar-refractivity contribution in [3.05, 3.63) is 28.4 Å². The molecule has 0 aliphatic heterocycles. The number of sulfonamides is 1. The first-order valence-corrected chi connectivity index (χ1v) is 6.57. The smallest absolute Gasteiger partial charge is 0.311 e. The van der Waals surface area contributed by atoms with Crippen LogP contribution in [-0.4, -0.2) is 37.7 Å². The third-order valence-electron chi connectivity index (χ3n) is 1.76. The first kappa shape index (κ1) is 13.3. The fraction of sp³-hybridized carbons (Fsp3) is 0.375. The molecule has 0 atom stereocenters. The van der Waals surface area contributed by atoms with Gasteiger partial charge < -0.3 is 5.32 Å². The van der Waals surface area contributed by atoms with Gasteiger partial charge >= 0.3 is 5.69 Å². The summed E-state index contributed by atoms with van der Waals surface area (Å²) >= 11 is 0. The summed E-state index contributed by atoms with van der Waals surface area (Å²) in [6, 6.07) is 2.78. The van der Waals surface area contributed by atoms with Crippen molar-refractivity contribution in [2.75, 3.05) is 24.7 Å². The molecule has 0 bridgehead atoms. The van der Waals surface area contributed by atoms with E-state index < -0.39 is 14.9 Å². The van der Waals surface area contributed by atoms with E-state index in [4.69, 9.17) is 0 Å². The van der Waals surface area contributed by atoms with Gasteiger partial charge in [0.1, 0.15) is 0 Å². The third kappa shape index (κ3) is 4.74. The van der Waals surface area contributed by atoms with Crippen LogP contribution in [0.1, 0.15) is 0 Å². The van der Waals surface area contributed by atoms with Crippen LogP contribution in [0.5, 0.6) is 0 Å². The van der Waals surface area contributed by atoms with Gasteiger partial charge in [0.25, 0.3) is 0 Å². The van der Waals surface area contributed by atoms with Crippen molar-refractivity contribution in [1.29, 1.82) is 0 Å². The van der Waals surface area contributed by atoms with Gasteiger partial charge in [-0.2, -0.15) is 0 Å². The zero-order chi connectivity index (χ0) is 12.9. The highest BCUT2D eigenvalue weighted by molar-refractivity contribution is 7.88. The first-order chi connectivity index (χ1) is 7.90. The molecule has 0 unspecified atom stereocenters. The molecule has 1 heterocycles. The van der Waals surface area contributed by atoms with Crippen molar-refractivity contribution < 1.29 is 13.3 Å². The Balaban J connectivity index is 2.55. The van der Waals surface area contributed by atoms with E-state index in [1.165, 1.54) is 18.3 Å². The van der Waals surface area contributed by atoms with E-state index in [-0.39, 0.29) is 24.6 Å². The lowest BCUT2D eigenvalue weighted by Crippen LogP contribution is -2.27. The summed E-state index contributed by atoms with van der Waals surface area (Å²) in [7, 11) is -3.25. The number of pyridine rings is 1. The molecule has 0 saturated heterocycles.